The second kappa shape index (κ2) is 5.54. The highest BCUT2D eigenvalue weighted by Crippen LogP contribution is 2.28. The van der Waals surface area contributed by atoms with Crippen molar-refractivity contribution in [3.8, 4) is 0 Å². The molecule has 0 saturated heterocycles. The Morgan fingerprint density at radius 3 is 2.40 bits per heavy atom. The van der Waals surface area contributed by atoms with Gasteiger partial charge in [0.15, 0.2) is 0 Å². The van der Waals surface area contributed by atoms with E-state index in [1.807, 2.05) is 0 Å². The smallest absolute Gasteiger partial charge is 0.319 e. The molecule has 20 heavy (non-hydrogen) atoms. The van der Waals surface area contributed by atoms with Gasteiger partial charge in [0.1, 0.15) is 0 Å². The van der Waals surface area contributed by atoms with Crippen LogP contribution in [0.4, 0.5) is 4.79 Å². The number of carbonyl (C=O) groups is 2. The van der Waals surface area contributed by atoms with Gasteiger partial charge in [0.05, 0.1) is 11.6 Å². The first-order valence-corrected chi connectivity index (χ1v) is 6.53. The summed E-state index contributed by atoms with van der Waals surface area (Å²) in [6.07, 6.45) is 0. The van der Waals surface area contributed by atoms with Gasteiger partial charge in [-0.1, -0.05) is 23.7 Å². The first kappa shape index (κ1) is 14.4. The highest BCUT2D eigenvalue weighted by molar-refractivity contribution is 6.30. The Bertz CT molecular complexity index is 579. The largest absolute Gasteiger partial charge is 0.345 e. The zero-order valence-electron chi connectivity index (χ0n) is 11.5. The van der Waals surface area contributed by atoms with E-state index in [2.05, 4.69) is 10.6 Å². The highest BCUT2D eigenvalue weighted by Gasteiger charge is 2.31. The summed E-state index contributed by atoms with van der Waals surface area (Å²) in [5.41, 5.74) is 1.90. The van der Waals surface area contributed by atoms with E-state index in [0.717, 1.165) is 5.56 Å². The lowest BCUT2D eigenvalue weighted by Gasteiger charge is -2.30. The number of rotatable bonds is 2. The number of amides is 3. The van der Waals surface area contributed by atoms with Gasteiger partial charge in [-0.2, -0.15) is 0 Å². The minimum atomic E-state index is -0.476. The van der Waals surface area contributed by atoms with Crippen molar-refractivity contribution in [2.45, 2.75) is 13.0 Å². The van der Waals surface area contributed by atoms with Crippen molar-refractivity contribution >= 4 is 23.5 Å². The van der Waals surface area contributed by atoms with E-state index in [1.165, 1.54) is 4.90 Å². The molecule has 0 fully saturated rings. The van der Waals surface area contributed by atoms with Crippen LogP contribution in [0.2, 0.25) is 5.02 Å². The Balaban J connectivity index is 2.47. The normalized spacial score (nSPS) is 18.4. The molecule has 6 heteroatoms. The van der Waals surface area contributed by atoms with E-state index in [1.54, 1.807) is 45.3 Å². The highest BCUT2D eigenvalue weighted by atomic mass is 35.5. The molecule has 1 unspecified atom stereocenters. The molecule has 0 saturated carbocycles. The van der Waals surface area contributed by atoms with E-state index < -0.39 is 6.04 Å². The number of hydrogen-bond donors (Lipinski definition) is 2. The molecular weight excluding hydrogens is 278 g/mol. The summed E-state index contributed by atoms with van der Waals surface area (Å²) in [7, 11) is 3.36. The van der Waals surface area contributed by atoms with Gasteiger partial charge in [-0.15, -0.1) is 0 Å². The average molecular weight is 294 g/mol. The Morgan fingerprint density at radius 2 is 1.85 bits per heavy atom. The van der Waals surface area contributed by atoms with Crippen molar-refractivity contribution < 1.29 is 9.59 Å². The maximum Gasteiger partial charge on any atom is 0.319 e. The molecule has 5 nitrogen and oxygen atoms in total. The molecular formula is C14H16ClN3O2. The number of likely N-dealkylation sites (N-methyl/N-ethyl adjacent to an activating group) is 1. The molecule has 2 rings (SSSR count). The van der Waals surface area contributed by atoms with Gasteiger partial charge in [-0.25, -0.2) is 4.79 Å². The van der Waals surface area contributed by atoms with Crippen molar-refractivity contribution in [3.63, 3.8) is 0 Å². The third-order valence-corrected chi connectivity index (χ3v) is 3.36. The van der Waals surface area contributed by atoms with Crippen molar-refractivity contribution in [2.24, 2.45) is 0 Å². The van der Waals surface area contributed by atoms with E-state index in [9.17, 15) is 9.59 Å². The lowest BCUT2D eigenvalue weighted by Crippen LogP contribution is -2.46. The van der Waals surface area contributed by atoms with E-state index in [4.69, 9.17) is 11.6 Å². The molecule has 1 aromatic carbocycles. The van der Waals surface area contributed by atoms with Crippen LogP contribution in [0.5, 0.6) is 0 Å². The van der Waals surface area contributed by atoms with Gasteiger partial charge in [-0.05, 0) is 24.6 Å². The molecule has 0 aliphatic carbocycles. The Hall–Kier alpha value is -2.01. The summed E-state index contributed by atoms with van der Waals surface area (Å²) >= 11 is 5.87. The molecule has 1 heterocycles. The number of nitrogens with one attached hydrogen (secondary N) is 2. The number of carbonyl (C=O) groups excluding carboxylic acids is 2. The van der Waals surface area contributed by atoms with Gasteiger partial charge >= 0.3 is 6.03 Å². The predicted octanol–water partition coefficient (Wildman–Crippen LogP) is 2.06. The van der Waals surface area contributed by atoms with Gasteiger partial charge in [-0.3, -0.25) is 4.79 Å². The Labute approximate surface area is 122 Å². The molecule has 1 aliphatic rings. The van der Waals surface area contributed by atoms with Gasteiger partial charge in [0, 0.05) is 24.8 Å². The second-order valence-electron chi connectivity index (χ2n) is 4.82. The van der Waals surface area contributed by atoms with Crippen LogP contribution in [0.25, 0.3) is 0 Å². The van der Waals surface area contributed by atoms with Crippen LogP contribution in [0, 0.1) is 0 Å². The van der Waals surface area contributed by atoms with Crippen molar-refractivity contribution in [3.05, 3.63) is 46.1 Å². The van der Waals surface area contributed by atoms with Gasteiger partial charge < -0.3 is 15.5 Å². The van der Waals surface area contributed by atoms with Gasteiger partial charge in [0.2, 0.25) is 0 Å². The number of halogens is 1. The van der Waals surface area contributed by atoms with Crippen molar-refractivity contribution in [1.82, 2.24) is 15.5 Å². The van der Waals surface area contributed by atoms with Crippen molar-refractivity contribution in [1.29, 1.82) is 0 Å². The van der Waals surface area contributed by atoms with E-state index in [0.29, 0.717) is 16.3 Å². The Kier molecular flexibility index (Phi) is 3.99. The van der Waals surface area contributed by atoms with Crippen LogP contribution in [0.15, 0.2) is 35.5 Å². The number of urea groups is 1. The lowest BCUT2D eigenvalue weighted by molar-refractivity contribution is -0.125. The fraction of sp³-hybridized carbons (Fsp3) is 0.286. The lowest BCUT2D eigenvalue weighted by atomic mass is 9.94. The summed E-state index contributed by atoms with van der Waals surface area (Å²) in [6.45, 7) is 1.72. The first-order valence-electron chi connectivity index (χ1n) is 6.15. The maximum atomic E-state index is 12.3. The minimum absolute atomic E-state index is 0.144. The molecule has 0 spiro atoms. The molecule has 0 bridgehead atoms. The molecule has 106 valence electrons. The van der Waals surface area contributed by atoms with Crippen LogP contribution in [0.3, 0.4) is 0 Å². The first-order chi connectivity index (χ1) is 9.40. The summed E-state index contributed by atoms with van der Waals surface area (Å²) in [6, 6.07) is 6.27. The maximum absolute atomic E-state index is 12.3. The number of benzene rings is 1. The van der Waals surface area contributed by atoms with Crippen LogP contribution in [-0.4, -0.2) is 30.9 Å². The third-order valence-electron chi connectivity index (χ3n) is 3.11. The SMILES string of the molecule is CC1=C(C(=O)N(C)C)C(c2ccc(Cl)cc2)NC(=O)N1. The molecule has 1 aromatic rings. The van der Waals surface area contributed by atoms with Gasteiger partial charge in [0.25, 0.3) is 5.91 Å². The summed E-state index contributed by atoms with van der Waals surface area (Å²) in [5, 5.41) is 6.01. The summed E-state index contributed by atoms with van der Waals surface area (Å²) in [5.74, 6) is -0.144. The monoisotopic (exact) mass is 293 g/mol. The fourth-order valence-corrected chi connectivity index (χ4v) is 2.25. The van der Waals surface area contributed by atoms with Crippen LogP contribution in [-0.2, 0) is 4.79 Å². The van der Waals surface area contributed by atoms with E-state index >= 15 is 0 Å². The van der Waals surface area contributed by atoms with Crippen LogP contribution >= 0.6 is 11.6 Å². The quantitative estimate of drug-likeness (QED) is 0.877. The molecule has 3 amide bonds. The molecule has 0 aromatic heterocycles. The molecule has 0 radical (unpaired) electrons. The summed E-state index contributed by atoms with van der Waals surface area (Å²) < 4.78 is 0. The fourth-order valence-electron chi connectivity index (χ4n) is 2.12. The minimum Gasteiger partial charge on any atom is -0.345 e. The van der Waals surface area contributed by atoms with Crippen LogP contribution in [0.1, 0.15) is 18.5 Å². The average Bonchev–Trinajstić information content (AvgIpc) is 2.38. The zero-order valence-corrected chi connectivity index (χ0v) is 12.3. The summed E-state index contributed by atoms with van der Waals surface area (Å²) in [4.78, 5) is 25.5. The predicted molar refractivity (Wildman–Crippen MR) is 77.3 cm³/mol. The van der Waals surface area contributed by atoms with E-state index in [-0.39, 0.29) is 11.9 Å². The third kappa shape index (κ3) is 2.77. The number of hydrogen-bond acceptors (Lipinski definition) is 2. The number of nitrogens with zero attached hydrogens (tertiary/aromatic N) is 1. The van der Waals surface area contributed by atoms with Crippen molar-refractivity contribution in [2.75, 3.05) is 14.1 Å². The van der Waals surface area contributed by atoms with Crippen LogP contribution < -0.4 is 10.6 Å². The topological polar surface area (TPSA) is 61.4 Å². The molecule has 1 atom stereocenters. The molecule has 2 N–H and O–H groups in total. The standard InChI is InChI=1S/C14H16ClN3O2/c1-8-11(13(19)18(2)3)12(17-14(20)16-8)9-4-6-10(15)7-5-9/h4-7,12H,1-3H3,(H2,16,17,20). The number of allylic oxidation sites excluding steroid dienone is 1. The zero-order chi connectivity index (χ0) is 14.9. The molecule has 1 aliphatic heterocycles. The Morgan fingerprint density at radius 1 is 1.25 bits per heavy atom. The second-order valence-corrected chi connectivity index (χ2v) is 5.26.